The minimum Gasteiger partial charge on any atom is -0.468 e. The van der Waals surface area contributed by atoms with Gasteiger partial charge in [-0.05, 0) is 85.8 Å². The van der Waals surface area contributed by atoms with E-state index in [0.717, 1.165) is 22.1 Å². The number of alkyl halides is 2. The lowest BCUT2D eigenvalue weighted by molar-refractivity contribution is -0.128. The average molecular weight is 575 g/mol. The van der Waals surface area contributed by atoms with Crippen LogP contribution in [-0.4, -0.2) is 24.8 Å². The molecule has 216 valence electrons. The van der Waals surface area contributed by atoms with Gasteiger partial charge >= 0.3 is 5.63 Å². The molecule has 1 heterocycles. The number of carbonyl (C=O) groups excluding carboxylic acids is 1. The maximum absolute atomic E-state index is 13.8. The van der Waals surface area contributed by atoms with Gasteiger partial charge in [-0.3, -0.25) is 4.79 Å². The van der Waals surface area contributed by atoms with Gasteiger partial charge in [0.25, 0.3) is 6.47 Å². The summed E-state index contributed by atoms with van der Waals surface area (Å²) >= 11 is 7.45. The number of hydrogen-bond donors (Lipinski definition) is 0. The molecule has 0 aliphatic carbocycles. The molecule has 0 saturated heterocycles. The van der Waals surface area contributed by atoms with Crippen molar-refractivity contribution in [2.75, 3.05) is 12.4 Å². The Morgan fingerprint density at radius 1 is 1.08 bits per heavy atom. The van der Waals surface area contributed by atoms with E-state index in [1.807, 2.05) is 12.1 Å². The Balaban J connectivity index is 0.000000612. The third-order valence-corrected chi connectivity index (χ3v) is 8.22. The Labute approximate surface area is 236 Å². The summed E-state index contributed by atoms with van der Waals surface area (Å²) in [6.45, 7) is 16.2. The van der Waals surface area contributed by atoms with Crippen molar-refractivity contribution in [2.24, 2.45) is 17.3 Å². The van der Waals surface area contributed by atoms with Crippen molar-refractivity contribution in [1.82, 2.24) is 0 Å². The van der Waals surface area contributed by atoms with Crippen LogP contribution in [0.1, 0.15) is 92.1 Å². The number of hydrogen-bond acceptors (Lipinski definition) is 5. The molecule has 38 heavy (non-hydrogen) atoms. The third kappa shape index (κ3) is 13.0. The number of aryl methyl sites for hydroxylation is 1. The Bertz CT molecular complexity index is 1050. The largest absolute Gasteiger partial charge is 0.468 e. The zero-order valence-electron chi connectivity index (χ0n) is 24.0. The molecule has 1 aromatic carbocycles. The van der Waals surface area contributed by atoms with Crippen LogP contribution in [0.5, 0.6) is 0 Å². The molecule has 0 aliphatic heterocycles. The number of thioether (sulfide) groups is 1. The van der Waals surface area contributed by atoms with Crippen LogP contribution in [0, 0.1) is 24.2 Å². The molecule has 2 rings (SSSR count). The Kier molecular flexibility index (Phi) is 14.9. The van der Waals surface area contributed by atoms with Gasteiger partial charge in [0, 0.05) is 23.1 Å². The molecular formula is C30H45ClF2O4S. The molecule has 0 spiro atoms. The summed E-state index contributed by atoms with van der Waals surface area (Å²) in [5.41, 5.74) is 1.09. The maximum atomic E-state index is 13.8. The summed E-state index contributed by atoms with van der Waals surface area (Å²) in [6, 6.07) is 5.54. The van der Waals surface area contributed by atoms with Crippen molar-refractivity contribution in [3.05, 3.63) is 39.2 Å². The van der Waals surface area contributed by atoms with Crippen molar-refractivity contribution in [2.45, 2.75) is 104 Å². The molecule has 0 bridgehead atoms. The van der Waals surface area contributed by atoms with Gasteiger partial charge in [0.15, 0.2) is 0 Å². The van der Waals surface area contributed by atoms with Gasteiger partial charge in [0.1, 0.15) is 10.6 Å². The highest BCUT2D eigenvalue weighted by Gasteiger charge is 2.27. The first kappa shape index (κ1) is 34.4. The van der Waals surface area contributed by atoms with Crippen LogP contribution >= 0.6 is 23.4 Å². The second-order valence-corrected chi connectivity index (χ2v) is 13.0. The van der Waals surface area contributed by atoms with Gasteiger partial charge < -0.3 is 9.15 Å². The summed E-state index contributed by atoms with van der Waals surface area (Å²) in [5, 5.41) is 0.872. The summed E-state index contributed by atoms with van der Waals surface area (Å²) in [4.78, 5) is 22.6. The van der Waals surface area contributed by atoms with Crippen LogP contribution in [0.25, 0.3) is 11.0 Å². The Hall–Kier alpha value is -1.60. The van der Waals surface area contributed by atoms with E-state index in [-0.39, 0.29) is 24.5 Å². The second-order valence-electron chi connectivity index (χ2n) is 11.5. The zero-order valence-corrected chi connectivity index (χ0v) is 25.6. The first-order valence-corrected chi connectivity index (χ1v) is 14.8. The molecule has 1 aromatic heterocycles. The number of carbonyl (C=O) groups is 1. The van der Waals surface area contributed by atoms with Crippen LogP contribution in [0.4, 0.5) is 8.78 Å². The van der Waals surface area contributed by atoms with Gasteiger partial charge in [0.2, 0.25) is 5.92 Å². The highest BCUT2D eigenvalue weighted by atomic mass is 35.5. The fourth-order valence-electron chi connectivity index (χ4n) is 3.88. The third-order valence-electron chi connectivity index (χ3n) is 6.70. The lowest BCUT2D eigenvalue weighted by atomic mass is 9.78. The van der Waals surface area contributed by atoms with Crippen LogP contribution in [-0.2, 0) is 9.53 Å². The molecule has 1 atom stereocenters. The fourth-order valence-corrected chi connectivity index (χ4v) is 4.96. The van der Waals surface area contributed by atoms with E-state index in [1.54, 1.807) is 13.0 Å². The van der Waals surface area contributed by atoms with Crippen molar-refractivity contribution in [3.8, 4) is 0 Å². The minimum absolute atomic E-state index is 0.0881. The lowest BCUT2D eigenvalue weighted by Gasteiger charge is -2.28. The molecule has 2 aromatic rings. The SMILES string of the molecule is CC(C)CC(C)C(C)(C)C.Cc1c(Cl)c(=O)oc2cc(SCCCCC(F)(F)CCCCOC=O)ccc12. The highest BCUT2D eigenvalue weighted by Crippen LogP contribution is 2.31. The van der Waals surface area contributed by atoms with Gasteiger partial charge in [0.05, 0.1) is 6.61 Å². The number of benzene rings is 1. The summed E-state index contributed by atoms with van der Waals surface area (Å²) in [5.74, 6) is -0.303. The Morgan fingerprint density at radius 3 is 2.26 bits per heavy atom. The van der Waals surface area contributed by atoms with Gasteiger partial charge in [-0.25, -0.2) is 13.6 Å². The topological polar surface area (TPSA) is 56.5 Å². The van der Waals surface area contributed by atoms with Crippen molar-refractivity contribution >= 4 is 40.8 Å². The monoisotopic (exact) mass is 574 g/mol. The van der Waals surface area contributed by atoms with Crippen molar-refractivity contribution in [1.29, 1.82) is 0 Å². The van der Waals surface area contributed by atoms with Crippen LogP contribution in [0.15, 0.2) is 32.3 Å². The standard InChI is InChI=1S/C20H23ClF2O4S.C10H22/c1-14-16-7-6-15(12-17(16)27-19(25)18(14)21)28-11-5-3-9-20(22,23)8-2-4-10-26-13-24;1-8(2)7-9(3)10(4,5)6/h6-7,12-13H,2-5,8-11H2,1H3;8-9H,7H2,1-6H3. The molecule has 0 fully saturated rings. The minimum atomic E-state index is -2.69. The van der Waals surface area contributed by atoms with E-state index in [9.17, 15) is 18.4 Å². The Morgan fingerprint density at radius 2 is 1.71 bits per heavy atom. The molecule has 0 saturated carbocycles. The van der Waals surface area contributed by atoms with Crippen molar-refractivity contribution < 1.29 is 22.7 Å². The maximum Gasteiger partial charge on any atom is 0.355 e. The average Bonchev–Trinajstić information content (AvgIpc) is 2.81. The quantitative estimate of drug-likeness (QED) is 0.0972. The predicted octanol–water partition coefficient (Wildman–Crippen LogP) is 9.71. The van der Waals surface area contributed by atoms with Crippen LogP contribution < -0.4 is 5.63 Å². The molecule has 0 N–H and O–H groups in total. The first-order chi connectivity index (χ1) is 17.7. The number of fused-ring (bicyclic) bond motifs is 1. The summed E-state index contributed by atoms with van der Waals surface area (Å²) in [6.07, 6.45) is 2.90. The van der Waals surface area contributed by atoms with E-state index in [4.69, 9.17) is 16.0 Å². The van der Waals surface area contributed by atoms with Crippen LogP contribution in [0.2, 0.25) is 5.02 Å². The predicted molar refractivity (Wildman–Crippen MR) is 156 cm³/mol. The van der Waals surface area contributed by atoms with E-state index in [0.29, 0.717) is 54.5 Å². The normalized spacial score (nSPS) is 12.8. The molecule has 0 aliphatic rings. The van der Waals surface area contributed by atoms with Gasteiger partial charge in [-0.1, -0.05) is 53.1 Å². The zero-order chi connectivity index (χ0) is 28.9. The molecule has 0 radical (unpaired) electrons. The van der Waals surface area contributed by atoms with E-state index in [1.165, 1.54) is 18.2 Å². The lowest BCUT2D eigenvalue weighted by Crippen LogP contribution is -2.18. The molecule has 1 unspecified atom stereocenters. The second kappa shape index (κ2) is 16.5. The summed E-state index contributed by atoms with van der Waals surface area (Å²) in [7, 11) is 0. The van der Waals surface area contributed by atoms with Crippen LogP contribution in [0.3, 0.4) is 0 Å². The number of ether oxygens (including phenoxy) is 1. The van der Waals surface area contributed by atoms with Crippen molar-refractivity contribution in [3.63, 3.8) is 0 Å². The summed E-state index contributed by atoms with van der Waals surface area (Å²) < 4.78 is 37.3. The van der Waals surface area contributed by atoms with E-state index >= 15 is 0 Å². The van der Waals surface area contributed by atoms with E-state index < -0.39 is 11.5 Å². The highest BCUT2D eigenvalue weighted by molar-refractivity contribution is 7.99. The fraction of sp³-hybridized carbons (Fsp3) is 0.667. The number of rotatable bonds is 14. The smallest absolute Gasteiger partial charge is 0.355 e. The van der Waals surface area contributed by atoms with E-state index in [2.05, 4.69) is 46.3 Å². The molecular weight excluding hydrogens is 530 g/mol. The molecule has 0 amide bonds. The molecule has 4 nitrogen and oxygen atoms in total. The first-order valence-electron chi connectivity index (χ1n) is 13.5. The van der Waals surface area contributed by atoms with Gasteiger partial charge in [-0.2, -0.15) is 0 Å². The van der Waals surface area contributed by atoms with Gasteiger partial charge in [-0.15, -0.1) is 11.8 Å². The molecule has 8 heteroatoms. The number of halogens is 3. The number of unbranched alkanes of at least 4 members (excludes halogenated alkanes) is 2.